The van der Waals surface area contributed by atoms with Crippen LogP contribution in [0.1, 0.15) is 16.7 Å². The third-order valence-electron chi connectivity index (χ3n) is 3.10. The summed E-state index contributed by atoms with van der Waals surface area (Å²) in [5, 5.41) is 2.41. The molecule has 2 aromatic carbocycles. The molecular weight excluding hydrogens is 298 g/mol. The van der Waals surface area contributed by atoms with E-state index >= 15 is 0 Å². The van der Waals surface area contributed by atoms with E-state index in [0.29, 0.717) is 5.56 Å². The molecule has 6 heteroatoms. The van der Waals surface area contributed by atoms with Crippen molar-refractivity contribution in [3.63, 3.8) is 0 Å². The maximum Gasteiger partial charge on any atom is 0.416 e. The molecule has 116 valence electrons. The Kier molecular flexibility index (Phi) is 4.49. The van der Waals surface area contributed by atoms with Gasteiger partial charge in [0, 0.05) is 5.69 Å². The van der Waals surface area contributed by atoms with Gasteiger partial charge < -0.3 is 5.32 Å². The molecule has 22 heavy (non-hydrogen) atoms. The van der Waals surface area contributed by atoms with Crippen LogP contribution in [0.15, 0.2) is 42.5 Å². The third-order valence-corrected chi connectivity index (χ3v) is 3.10. The van der Waals surface area contributed by atoms with Crippen LogP contribution in [-0.2, 0) is 17.4 Å². The molecule has 0 saturated heterocycles. The SMILES string of the molecule is Cc1ccc(NC(=O)Cc2ccc(F)cc2)cc1C(F)(F)F. The van der Waals surface area contributed by atoms with Crippen molar-refractivity contribution in [1.29, 1.82) is 0 Å². The van der Waals surface area contributed by atoms with Crippen molar-refractivity contribution < 1.29 is 22.4 Å². The molecule has 2 nitrogen and oxygen atoms in total. The van der Waals surface area contributed by atoms with E-state index in [4.69, 9.17) is 0 Å². The Balaban J connectivity index is 2.10. The molecule has 2 aromatic rings. The van der Waals surface area contributed by atoms with Crippen LogP contribution in [0.25, 0.3) is 0 Å². The lowest BCUT2D eigenvalue weighted by atomic mass is 10.1. The average molecular weight is 311 g/mol. The summed E-state index contributed by atoms with van der Waals surface area (Å²) in [6.07, 6.45) is -4.52. The Labute approximate surface area is 124 Å². The van der Waals surface area contributed by atoms with Crippen molar-refractivity contribution in [1.82, 2.24) is 0 Å². The summed E-state index contributed by atoms with van der Waals surface area (Å²) >= 11 is 0. The zero-order valence-electron chi connectivity index (χ0n) is 11.7. The summed E-state index contributed by atoms with van der Waals surface area (Å²) in [6, 6.07) is 8.95. The van der Waals surface area contributed by atoms with Crippen LogP contribution in [-0.4, -0.2) is 5.91 Å². The van der Waals surface area contributed by atoms with E-state index in [1.807, 2.05) is 0 Å². The second-order valence-corrected chi connectivity index (χ2v) is 4.88. The molecule has 0 aliphatic carbocycles. The molecule has 1 amide bonds. The van der Waals surface area contributed by atoms with E-state index in [2.05, 4.69) is 5.32 Å². The number of carbonyl (C=O) groups excluding carboxylic acids is 1. The van der Waals surface area contributed by atoms with E-state index in [1.54, 1.807) is 0 Å². The lowest BCUT2D eigenvalue weighted by molar-refractivity contribution is -0.138. The van der Waals surface area contributed by atoms with Gasteiger partial charge in [-0.25, -0.2) is 4.39 Å². The number of anilines is 1. The smallest absolute Gasteiger partial charge is 0.326 e. The molecule has 0 atom stereocenters. The standard InChI is InChI=1S/C16H13F4NO/c1-10-2-7-13(9-14(10)16(18,19)20)21-15(22)8-11-3-5-12(17)6-4-11/h2-7,9H,8H2,1H3,(H,21,22). The first-order valence-electron chi connectivity index (χ1n) is 6.48. The predicted molar refractivity (Wildman–Crippen MR) is 74.9 cm³/mol. The number of hydrogen-bond acceptors (Lipinski definition) is 1. The Morgan fingerprint density at radius 2 is 1.73 bits per heavy atom. The molecule has 0 saturated carbocycles. The number of carbonyl (C=O) groups is 1. The summed E-state index contributed by atoms with van der Waals surface area (Å²) in [7, 11) is 0. The number of nitrogens with one attached hydrogen (secondary N) is 1. The fourth-order valence-corrected chi connectivity index (χ4v) is 2.00. The summed E-state index contributed by atoms with van der Waals surface area (Å²) in [6.45, 7) is 1.35. The maximum atomic E-state index is 12.8. The van der Waals surface area contributed by atoms with Gasteiger partial charge in [0.15, 0.2) is 0 Å². The summed E-state index contributed by atoms with van der Waals surface area (Å²) in [5.74, 6) is -0.888. The highest BCUT2D eigenvalue weighted by molar-refractivity contribution is 5.92. The first kappa shape index (κ1) is 16.0. The first-order valence-corrected chi connectivity index (χ1v) is 6.48. The fraction of sp³-hybridized carbons (Fsp3) is 0.188. The highest BCUT2D eigenvalue weighted by Crippen LogP contribution is 2.33. The number of halogens is 4. The molecule has 0 fully saturated rings. The third kappa shape index (κ3) is 4.07. The van der Waals surface area contributed by atoms with E-state index < -0.39 is 23.5 Å². The van der Waals surface area contributed by atoms with Gasteiger partial charge >= 0.3 is 6.18 Å². The van der Waals surface area contributed by atoms with Crippen LogP contribution in [0.3, 0.4) is 0 Å². The predicted octanol–water partition coefficient (Wildman–Crippen LogP) is 4.33. The van der Waals surface area contributed by atoms with Crippen LogP contribution >= 0.6 is 0 Å². The lowest BCUT2D eigenvalue weighted by Gasteiger charge is -2.12. The largest absolute Gasteiger partial charge is 0.416 e. The quantitative estimate of drug-likeness (QED) is 0.840. The maximum absolute atomic E-state index is 12.8. The average Bonchev–Trinajstić information content (AvgIpc) is 2.42. The van der Waals surface area contributed by atoms with E-state index in [9.17, 15) is 22.4 Å². The molecular formula is C16H13F4NO. The first-order chi connectivity index (χ1) is 10.3. The Bertz CT molecular complexity index is 678. The normalized spacial score (nSPS) is 11.3. The highest BCUT2D eigenvalue weighted by Gasteiger charge is 2.32. The van der Waals surface area contributed by atoms with Crippen molar-refractivity contribution >= 4 is 11.6 Å². The zero-order chi connectivity index (χ0) is 16.3. The number of alkyl halides is 3. The van der Waals surface area contributed by atoms with Gasteiger partial charge in [0.05, 0.1) is 12.0 Å². The summed E-state index contributed by atoms with van der Waals surface area (Å²) < 4.78 is 51.2. The minimum Gasteiger partial charge on any atom is -0.326 e. The van der Waals surface area contributed by atoms with Crippen LogP contribution in [0.5, 0.6) is 0 Å². The lowest BCUT2D eigenvalue weighted by Crippen LogP contribution is -2.15. The number of hydrogen-bond donors (Lipinski definition) is 1. The van der Waals surface area contributed by atoms with Crippen molar-refractivity contribution in [2.75, 3.05) is 5.32 Å². The van der Waals surface area contributed by atoms with E-state index in [1.165, 1.54) is 43.3 Å². The topological polar surface area (TPSA) is 29.1 Å². The van der Waals surface area contributed by atoms with Crippen LogP contribution in [0.4, 0.5) is 23.2 Å². The van der Waals surface area contributed by atoms with Gasteiger partial charge in [-0.2, -0.15) is 13.2 Å². The second-order valence-electron chi connectivity index (χ2n) is 4.88. The van der Waals surface area contributed by atoms with Crippen molar-refractivity contribution in [3.05, 3.63) is 65.0 Å². The minimum absolute atomic E-state index is 0.0461. The van der Waals surface area contributed by atoms with Gasteiger partial charge in [-0.05, 0) is 42.3 Å². The van der Waals surface area contributed by atoms with Crippen LogP contribution in [0, 0.1) is 12.7 Å². The monoisotopic (exact) mass is 311 g/mol. The summed E-state index contributed by atoms with van der Waals surface area (Å²) in [5.41, 5.74) is -0.0526. The van der Waals surface area contributed by atoms with Crippen molar-refractivity contribution in [2.45, 2.75) is 19.5 Å². The second kappa shape index (κ2) is 6.17. The molecule has 0 aliphatic heterocycles. The number of amides is 1. The van der Waals surface area contributed by atoms with Gasteiger partial charge in [0.2, 0.25) is 5.91 Å². The zero-order valence-corrected chi connectivity index (χ0v) is 11.7. The van der Waals surface area contributed by atoms with Crippen molar-refractivity contribution in [3.8, 4) is 0 Å². The summed E-state index contributed by atoms with van der Waals surface area (Å²) in [4.78, 5) is 11.8. The molecule has 0 unspecified atom stereocenters. The van der Waals surface area contributed by atoms with Crippen molar-refractivity contribution in [2.24, 2.45) is 0 Å². The highest BCUT2D eigenvalue weighted by atomic mass is 19.4. The molecule has 0 bridgehead atoms. The molecule has 0 aromatic heterocycles. The molecule has 2 rings (SSSR count). The van der Waals surface area contributed by atoms with E-state index in [-0.39, 0.29) is 17.7 Å². The fourth-order valence-electron chi connectivity index (χ4n) is 2.00. The van der Waals surface area contributed by atoms with Crippen LogP contribution < -0.4 is 5.32 Å². The number of aryl methyl sites for hydroxylation is 1. The number of benzene rings is 2. The van der Waals surface area contributed by atoms with Gasteiger partial charge in [-0.1, -0.05) is 18.2 Å². The minimum atomic E-state index is -4.47. The van der Waals surface area contributed by atoms with Gasteiger partial charge in [-0.15, -0.1) is 0 Å². The molecule has 0 aliphatic rings. The molecule has 0 heterocycles. The number of rotatable bonds is 3. The van der Waals surface area contributed by atoms with Gasteiger partial charge in [0.1, 0.15) is 5.82 Å². The Hall–Kier alpha value is -2.37. The van der Waals surface area contributed by atoms with E-state index in [0.717, 1.165) is 6.07 Å². The Morgan fingerprint density at radius 3 is 2.32 bits per heavy atom. The molecule has 1 N–H and O–H groups in total. The van der Waals surface area contributed by atoms with Gasteiger partial charge in [0.25, 0.3) is 0 Å². The molecule has 0 radical (unpaired) electrons. The molecule has 0 spiro atoms. The van der Waals surface area contributed by atoms with Crippen LogP contribution in [0.2, 0.25) is 0 Å². The van der Waals surface area contributed by atoms with Gasteiger partial charge in [-0.3, -0.25) is 4.79 Å². The Morgan fingerprint density at radius 1 is 1.09 bits per heavy atom.